The summed E-state index contributed by atoms with van der Waals surface area (Å²) >= 11 is 0. The number of rotatable bonds is 7. The smallest absolute Gasteiger partial charge is 0.138 e. The summed E-state index contributed by atoms with van der Waals surface area (Å²) in [7, 11) is 0. The average Bonchev–Trinajstić information content (AvgIpc) is 2.32. The van der Waals surface area contributed by atoms with Gasteiger partial charge in [-0.3, -0.25) is 4.98 Å². The topological polar surface area (TPSA) is 34.2 Å². The molecular weight excluding hydrogens is 248 g/mol. The number of aromatic nitrogens is 1. The summed E-state index contributed by atoms with van der Waals surface area (Å²) in [4.78, 5) is 4.28. The van der Waals surface area contributed by atoms with Gasteiger partial charge in [-0.05, 0) is 50.3 Å². The van der Waals surface area contributed by atoms with Crippen LogP contribution in [0.5, 0.6) is 5.75 Å². The van der Waals surface area contributed by atoms with Crippen LogP contribution in [-0.2, 0) is 6.42 Å². The summed E-state index contributed by atoms with van der Waals surface area (Å²) in [6.07, 6.45) is 6.06. The fraction of sp³-hybridized carbons (Fsp3) is 0.706. The summed E-state index contributed by atoms with van der Waals surface area (Å²) in [6.45, 7) is 14.1. The van der Waals surface area contributed by atoms with E-state index in [0.29, 0.717) is 6.04 Å². The Morgan fingerprint density at radius 1 is 1.25 bits per heavy atom. The van der Waals surface area contributed by atoms with Gasteiger partial charge >= 0.3 is 0 Å². The van der Waals surface area contributed by atoms with Gasteiger partial charge in [0.05, 0.1) is 12.3 Å². The number of nitrogens with zero attached hydrogens (tertiary/aromatic N) is 1. The van der Waals surface area contributed by atoms with Crippen LogP contribution in [0.2, 0.25) is 0 Å². The first kappa shape index (κ1) is 17.0. The quantitative estimate of drug-likeness (QED) is 0.823. The molecule has 0 saturated heterocycles. The van der Waals surface area contributed by atoms with Gasteiger partial charge in [-0.2, -0.15) is 0 Å². The molecule has 0 fully saturated rings. The van der Waals surface area contributed by atoms with Crippen molar-refractivity contribution in [3.05, 3.63) is 24.0 Å². The standard InChI is InChI=1S/C17H30N2O/c1-7-19-16(17(4,5)6)9-8-14-10-15(12-18-11-14)20-13(2)3/h10-13,16,19H,7-9H2,1-6H3. The first-order valence-electron chi connectivity index (χ1n) is 7.67. The first-order chi connectivity index (χ1) is 9.32. The Labute approximate surface area is 124 Å². The molecule has 0 spiro atoms. The summed E-state index contributed by atoms with van der Waals surface area (Å²) in [5, 5.41) is 3.59. The van der Waals surface area contributed by atoms with Gasteiger partial charge in [0.25, 0.3) is 0 Å². The normalized spacial score (nSPS) is 13.6. The zero-order chi connectivity index (χ0) is 15.2. The second kappa shape index (κ2) is 7.63. The number of nitrogens with one attached hydrogen (secondary N) is 1. The maximum atomic E-state index is 5.70. The Bertz CT molecular complexity index is 396. The molecule has 20 heavy (non-hydrogen) atoms. The van der Waals surface area contributed by atoms with Crippen LogP contribution >= 0.6 is 0 Å². The van der Waals surface area contributed by atoms with Gasteiger partial charge in [0.15, 0.2) is 0 Å². The molecule has 0 aromatic carbocycles. The van der Waals surface area contributed by atoms with Crippen LogP contribution in [0.3, 0.4) is 0 Å². The van der Waals surface area contributed by atoms with Crippen molar-refractivity contribution >= 4 is 0 Å². The van der Waals surface area contributed by atoms with Crippen molar-refractivity contribution in [1.82, 2.24) is 10.3 Å². The fourth-order valence-electron chi connectivity index (χ4n) is 2.34. The summed E-state index contributed by atoms with van der Waals surface area (Å²) < 4.78 is 5.70. The lowest BCUT2D eigenvalue weighted by atomic mass is 9.83. The van der Waals surface area contributed by atoms with Crippen LogP contribution in [0.4, 0.5) is 0 Å². The van der Waals surface area contributed by atoms with Crippen molar-refractivity contribution in [1.29, 1.82) is 0 Å². The minimum Gasteiger partial charge on any atom is -0.489 e. The van der Waals surface area contributed by atoms with E-state index in [1.54, 1.807) is 6.20 Å². The predicted molar refractivity (Wildman–Crippen MR) is 85.2 cm³/mol. The van der Waals surface area contributed by atoms with Crippen molar-refractivity contribution in [2.24, 2.45) is 5.41 Å². The number of hydrogen-bond acceptors (Lipinski definition) is 3. The van der Waals surface area contributed by atoms with Gasteiger partial charge < -0.3 is 10.1 Å². The lowest BCUT2D eigenvalue weighted by Crippen LogP contribution is -2.40. The molecule has 0 bridgehead atoms. The Morgan fingerprint density at radius 2 is 1.95 bits per heavy atom. The molecule has 0 aliphatic heterocycles. The zero-order valence-corrected chi connectivity index (χ0v) is 13.9. The third kappa shape index (κ3) is 5.91. The highest BCUT2D eigenvalue weighted by Crippen LogP contribution is 2.24. The van der Waals surface area contributed by atoms with Gasteiger partial charge in [0, 0.05) is 12.2 Å². The number of hydrogen-bond donors (Lipinski definition) is 1. The molecule has 114 valence electrons. The van der Waals surface area contributed by atoms with Crippen molar-refractivity contribution in [3.8, 4) is 5.75 Å². The van der Waals surface area contributed by atoms with E-state index in [9.17, 15) is 0 Å². The molecule has 0 radical (unpaired) electrons. The van der Waals surface area contributed by atoms with E-state index in [4.69, 9.17) is 4.74 Å². The highest BCUT2D eigenvalue weighted by atomic mass is 16.5. The second-order valence-corrected chi connectivity index (χ2v) is 6.71. The van der Waals surface area contributed by atoms with Crippen LogP contribution in [0.15, 0.2) is 18.5 Å². The molecule has 0 saturated carbocycles. The molecule has 1 unspecified atom stereocenters. The zero-order valence-electron chi connectivity index (χ0n) is 13.9. The molecule has 1 atom stereocenters. The molecule has 3 heteroatoms. The highest BCUT2D eigenvalue weighted by Gasteiger charge is 2.23. The van der Waals surface area contributed by atoms with Crippen molar-refractivity contribution in [3.63, 3.8) is 0 Å². The van der Waals surface area contributed by atoms with Gasteiger partial charge in [0.1, 0.15) is 5.75 Å². The molecular formula is C17H30N2O. The SMILES string of the molecule is CCNC(CCc1cncc(OC(C)C)c1)C(C)(C)C. The highest BCUT2D eigenvalue weighted by molar-refractivity contribution is 5.24. The monoisotopic (exact) mass is 278 g/mol. The fourth-order valence-corrected chi connectivity index (χ4v) is 2.34. The van der Waals surface area contributed by atoms with Crippen LogP contribution in [0, 0.1) is 5.41 Å². The third-order valence-corrected chi connectivity index (χ3v) is 3.36. The Morgan fingerprint density at radius 3 is 2.50 bits per heavy atom. The van der Waals surface area contributed by atoms with E-state index in [2.05, 4.69) is 44.1 Å². The molecule has 1 heterocycles. The van der Waals surface area contributed by atoms with Crippen LogP contribution in [0.25, 0.3) is 0 Å². The first-order valence-corrected chi connectivity index (χ1v) is 7.67. The Kier molecular flexibility index (Phi) is 6.47. The summed E-state index contributed by atoms with van der Waals surface area (Å²) in [6, 6.07) is 2.63. The molecule has 0 amide bonds. The van der Waals surface area contributed by atoms with E-state index in [1.165, 1.54) is 5.56 Å². The lowest BCUT2D eigenvalue weighted by molar-refractivity contribution is 0.241. The van der Waals surface area contributed by atoms with Gasteiger partial charge in [-0.1, -0.05) is 27.7 Å². The number of aryl methyl sites for hydroxylation is 1. The molecule has 3 nitrogen and oxygen atoms in total. The maximum Gasteiger partial charge on any atom is 0.138 e. The van der Waals surface area contributed by atoms with Gasteiger partial charge in [-0.15, -0.1) is 0 Å². The number of ether oxygens (including phenoxy) is 1. The molecule has 1 aromatic heterocycles. The van der Waals surface area contributed by atoms with E-state index in [1.807, 2.05) is 20.0 Å². The molecule has 0 aliphatic carbocycles. The van der Waals surface area contributed by atoms with Crippen LogP contribution < -0.4 is 10.1 Å². The predicted octanol–water partition coefficient (Wildman–Crippen LogP) is 3.83. The molecule has 0 aliphatic rings. The molecule has 1 aromatic rings. The third-order valence-electron chi connectivity index (χ3n) is 3.36. The van der Waals surface area contributed by atoms with Crippen LogP contribution in [-0.4, -0.2) is 23.7 Å². The lowest BCUT2D eigenvalue weighted by Gasteiger charge is -2.31. The van der Waals surface area contributed by atoms with E-state index < -0.39 is 0 Å². The minimum absolute atomic E-state index is 0.191. The van der Waals surface area contributed by atoms with Crippen LogP contribution in [0.1, 0.15) is 53.5 Å². The van der Waals surface area contributed by atoms with Gasteiger partial charge in [0.2, 0.25) is 0 Å². The minimum atomic E-state index is 0.191. The van der Waals surface area contributed by atoms with E-state index >= 15 is 0 Å². The molecule has 1 rings (SSSR count). The summed E-state index contributed by atoms with van der Waals surface area (Å²) in [5.41, 5.74) is 1.52. The van der Waals surface area contributed by atoms with E-state index in [-0.39, 0.29) is 11.5 Å². The number of pyridine rings is 1. The maximum absolute atomic E-state index is 5.70. The Hall–Kier alpha value is -1.09. The van der Waals surface area contributed by atoms with Gasteiger partial charge in [-0.25, -0.2) is 0 Å². The van der Waals surface area contributed by atoms with Crippen molar-refractivity contribution in [2.75, 3.05) is 6.54 Å². The average molecular weight is 278 g/mol. The molecule has 1 N–H and O–H groups in total. The summed E-state index contributed by atoms with van der Waals surface area (Å²) in [5.74, 6) is 0.869. The Balaban J connectivity index is 2.63. The largest absolute Gasteiger partial charge is 0.489 e. The van der Waals surface area contributed by atoms with Crippen molar-refractivity contribution in [2.45, 2.75) is 66.5 Å². The van der Waals surface area contributed by atoms with E-state index in [0.717, 1.165) is 25.1 Å². The van der Waals surface area contributed by atoms with Crippen molar-refractivity contribution < 1.29 is 4.74 Å². The second-order valence-electron chi connectivity index (χ2n) is 6.71.